The van der Waals surface area contributed by atoms with Crippen molar-refractivity contribution < 1.29 is 23.9 Å². The molecule has 1 amide bonds. The second-order valence-electron chi connectivity index (χ2n) is 4.46. The largest absolute Gasteiger partial charge is 0.459 e. The van der Waals surface area contributed by atoms with Gasteiger partial charge in [0.15, 0.2) is 6.10 Å². The first-order valence-corrected chi connectivity index (χ1v) is 6.01. The van der Waals surface area contributed by atoms with Crippen LogP contribution in [0.3, 0.4) is 0 Å². The second kappa shape index (κ2) is 6.37. The third kappa shape index (κ3) is 4.35. The molecular formula is C12H19NO5. The van der Waals surface area contributed by atoms with Gasteiger partial charge in [0.2, 0.25) is 5.91 Å². The standard InChI is InChI=1S/C12H19NO5/c1-7(14)13-10-5-4-6-11(17-8(2)15)12(10)18-9(3)16/h10-12H,4-6H2,1-3H3,(H,13,14)/t10-,11+,12+/m0/s1. The van der Waals surface area contributed by atoms with Crippen molar-refractivity contribution in [2.45, 2.75) is 58.3 Å². The SMILES string of the molecule is CC(=O)N[C@H]1CCC[C@@H](OC(C)=O)[C@@H]1OC(C)=O. The molecule has 3 atom stereocenters. The quantitative estimate of drug-likeness (QED) is 0.746. The molecule has 0 heterocycles. The van der Waals surface area contributed by atoms with Gasteiger partial charge in [0.1, 0.15) is 6.10 Å². The van der Waals surface area contributed by atoms with Gasteiger partial charge in [-0.05, 0) is 19.3 Å². The molecule has 0 aromatic heterocycles. The lowest BCUT2D eigenvalue weighted by atomic mass is 9.89. The highest BCUT2D eigenvalue weighted by atomic mass is 16.6. The van der Waals surface area contributed by atoms with Gasteiger partial charge in [-0.1, -0.05) is 0 Å². The van der Waals surface area contributed by atoms with Crippen LogP contribution in [0.2, 0.25) is 0 Å². The van der Waals surface area contributed by atoms with E-state index in [9.17, 15) is 14.4 Å². The maximum Gasteiger partial charge on any atom is 0.303 e. The normalized spacial score (nSPS) is 27.2. The third-order valence-electron chi connectivity index (χ3n) is 2.77. The number of carbonyl (C=O) groups is 3. The molecule has 0 unspecified atom stereocenters. The van der Waals surface area contributed by atoms with E-state index in [4.69, 9.17) is 9.47 Å². The van der Waals surface area contributed by atoms with Gasteiger partial charge >= 0.3 is 11.9 Å². The van der Waals surface area contributed by atoms with E-state index < -0.39 is 24.1 Å². The molecule has 1 saturated carbocycles. The van der Waals surface area contributed by atoms with Gasteiger partial charge in [0.25, 0.3) is 0 Å². The minimum absolute atomic E-state index is 0.194. The fraction of sp³-hybridized carbons (Fsp3) is 0.750. The third-order valence-corrected chi connectivity index (χ3v) is 2.77. The van der Waals surface area contributed by atoms with E-state index in [0.29, 0.717) is 12.8 Å². The second-order valence-corrected chi connectivity index (χ2v) is 4.46. The number of amides is 1. The average Bonchev–Trinajstić information content (AvgIpc) is 2.20. The van der Waals surface area contributed by atoms with Gasteiger partial charge in [-0.2, -0.15) is 0 Å². The van der Waals surface area contributed by atoms with Crippen molar-refractivity contribution in [1.82, 2.24) is 5.32 Å². The molecule has 1 N–H and O–H groups in total. The van der Waals surface area contributed by atoms with Crippen molar-refractivity contribution in [1.29, 1.82) is 0 Å². The lowest BCUT2D eigenvalue weighted by Gasteiger charge is -2.36. The van der Waals surface area contributed by atoms with Gasteiger partial charge in [-0.3, -0.25) is 14.4 Å². The number of hydrogen-bond acceptors (Lipinski definition) is 5. The van der Waals surface area contributed by atoms with Crippen LogP contribution >= 0.6 is 0 Å². The van der Waals surface area contributed by atoms with E-state index in [1.54, 1.807) is 0 Å². The van der Waals surface area contributed by atoms with E-state index >= 15 is 0 Å². The molecule has 18 heavy (non-hydrogen) atoms. The van der Waals surface area contributed by atoms with Gasteiger partial charge < -0.3 is 14.8 Å². The Hall–Kier alpha value is -1.59. The molecular weight excluding hydrogens is 238 g/mol. The summed E-state index contributed by atoms with van der Waals surface area (Å²) in [4.78, 5) is 33.2. The van der Waals surface area contributed by atoms with Crippen molar-refractivity contribution in [3.05, 3.63) is 0 Å². The molecule has 102 valence electrons. The minimum atomic E-state index is -0.607. The number of carbonyl (C=O) groups excluding carboxylic acids is 3. The van der Waals surface area contributed by atoms with Crippen LogP contribution in [0.5, 0.6) is 0 Å². The first kappa shape index (κ1) is 14.5. The van der Waals surface area contributed by atoms with Crippen molar-refractivity contribution in [2.75, 3.05) is 0 Å². The molecule has 0 aromatic rings. The number of nitrogens with one attached hydrogen (secondary N) is 1. The van der Waals surface area contributed by atoms with Crippen LogP contribution < -0.4 is 5.32 Å². The van der Waals surface area contributed by atoms with E-state index in [1.807, 2.05) is 0 Å². The first-order valence-electron chi connectivity index (χ1n) is 6.01. The molecule has 0 saturated heterocycles. The highest BCUT2D eigenvalue weighted by Gasteiger charge is 2.38. The Morgan fingerprint density at radius 2 is 1.61 bits per heavy atom. The van der Waals surface area contributed by atoms with Crippen LogP contribution in [0.1, 0.15) is 40.0 Å². The summed E-state index contributed by atoms with van der Waals surface area (Å²) in [6, 6.07) is -0.301. The smallest absolute Gasteiger partial charge is 0.303 e. The molecule has 0 aromatic carbocycles. The fourth-order valence-electron chi connectivity index (χ4n) is 2.23. The van der Waals surface area contributed by atoms with Gasteiger partial charge in [-0.25, -0.2) is 0 Å². The summed E-state index contributed by atoms with van der Waals surface area (Å²) in [5.41, 5.74) is 0. The Morgan fingerprint density at radius 1 is 1.00 bits per heavy atom. The zero-order valence-corrected chi connectivity index (χ0v) is 10.9. The molecule has 6 nitrogen and oxygen atoms in total. The van der Waals surface area contributed by atoms with Crippen LogP contribution in [0, 0.1) is 0 Å². The van der Waals surface area contributed by atoms with Gasteiger partial charge in [0, 0.05) is 20.8 Å². The highest BCUT2D eigenvalue weighted by Crippen LogP contribution is 2.25. The summed E-state index contributed by atoms with van der Waals surface area (Å²) in [6.45, 7) is 4.01. The lowest BCUT2D eigenvalue weighted by molar-refractivity contribution is -0.171. The molecule has 1 aliphatic carbocycles. The molecule has 0 radical (unpaired) electrons. The lowest BCUT2D eigenvalue weighted by Crippen LogP contribution is -2.53. The predicted octanol–water partition coefficient (Wildman–Crippen LogP) is 0.538. The van der Waals surface area contributed by atoms with Crippen molar-refractivity contribution >= 4 is 17.8 Å². The zero-order chi connectivity index (χ0) is 13.7. The maximum absolute atomic E-state index is 11.1. The Kier molecular flexibility index (Phi) is 5.12. The molecule has 6 heteroatoms. The molecule has 0 spiro atoms. The summed E-state index contributed by atoms with van der Waals surface area (Å²) in [5, 5.41) is 2.73. The fourth-order valence-corrected chi connectivity index (χ4v) is 2.23. The molecule has 1 aliphatic rings. The average molecular weight is 257 g/mol. The Morgan fingerprint density at radius 3 is 2.11 bits per heavy atom. The Balaban J connectivity index is 2.78. The van der Waals surface area contributed by atoms with Crippen LogP contribution in [0.15, 0.2) is 0 Å². The minimum Gasteiger partial charge on any atom is -0.459 e. The van der Waals surface area contributed by atoms with E-state index in [2.05, 4.69) is 5.32 Å². The maximum atomic E-state index is 11.1. The summed E-state index contributed by atoms with van der Waals surface area (Å²) in [5.74, 6) is -1.06. The van der Waals surface area contributed by atoms with Gasteiger partial charge in [0.05, 0.1) is 6.04 Å². The number of esters is 2. The first-order chi connectivity index (χ1) is 8.40. The van der Waals surface area contributed by atoms with Crippen LogP contribution in [-0.4, -0.2) is 36.1 Å². The molecule has 0 bridgehead atoms. The summed E-state index contributed by atoms with van der Waals surface area (Å²) in [6.07, 6.45) is 1.05. The van der Waals surface area contributed by atoms with Gasteiger partial charge in [-0.15, -0.1) is 0 Å². The summed E-state index contributed by atoms with van der Waals surface area (Å²) >= 11 is 0. The van der Waals surface area contributed by atoms with E-state index in [0.717, 1.165) is 6.42 Å². The zero-order valence-electron chi connectivity index (χ0n) is 10.9. The summed E-state index contributed by atoms with van der Waals surface area (Å²) in [7, 11) is 0. The molecule has 0 aliphatic heterocycles. The van der Waals surface area contributed by atoms with Crippen LogP contribution in [0.4, 0.5) is 0 Å². The van der Waals surface area contributed by atoms with Crippen molar-refractivity contribution in [2.24, 2.45) is 0 Å². The number of hydrogen-bond donors (Lipinski definition) is 1. The van der Waals surface area contributed by atoms with Crippen molar-refractivity contribution in [3.8, 4) is 0 Å². The van der Waals surface area contributed by atoms with E-state index in [1.165, 1.54) is 20.8 Å². The topological polar surface area (TPSA) is 81.7 Å². The highest BCUT2D eigenvalue weighted by molar-refractivity contribution is 5.73. The van der Waals surface area contributed by atoms with Crippen molar-refractivity contribution in [3.63, 3.8) is 0 Å². The monoisotopic (exact) mass is 257 g/mol. The Labute approximate surface area is 106 Å². The molecule has 1 fully saturated rings. The van der Waals surface area contributed by atoms with Crippen LogP contribution in [-0.2, 0) is 23.9 Å². The predicted molar refractivity (Wildman–Crippen MR) is 62.6 cm³/mol. The molecule has 1 rings (SSSR count). The Bertz CT molecular complexity index is 317. The van der Waals surface area contributed by atoms with Crippen LogP contribution in [0.25, 0.3) is 0 Å². The van der Waals surface area contributed by atoms with E-state index in [-0.39, 0.29) is 11.9 Å². The number of ether oxygens (including phenoxy) is 2. The summed E-state index contributed by atoms with van der Waals surface area (Å²) < 4.78 is 10.3. The number of rotatable bonds is 3.